The molecule has 0 fully saturated rings. The number of hydrogen-bond donors (Lipinski definition) is 1. The number of aryl methyl sites for hydroxylation is 2. The monoisotopic (exact) mass is 375 g/mol. The molecule has 0 unspecified atom stereocenters. The number of nitrogens with one attached hydrogen (secondary N) is 1. The van der Waals surface area contributed by atoms with Crippen molar-refractivity contribution in [1.29, 1.82) is 0 Å². The van der Waals surface area contributed by atoms with E-state index in [2.05, 4.69) is 5.32 Å². The first-order valence-corrected chi connectivity index (χ1v) is 8.88. The van der Waals surface area contributed by atoms with Crippen LogP contribution in [0.15, 0.2) is 77.4 Å². The van der Waals surface area contributed by atoms with Gasteiger partial charge in [-0.15, -0.1) is 0 Å². The summed E-state index contributed by atoms with van der Waals surface area (Å²) in [6.07, 6.45) is 3.16. The van der Waals surface area contributed by atoms with E-state index in [1.54, 1.807) is 36.4 Å². The maximum atomic E-state index is 12.9. The molecule has 1 N–H and O–H groups in total. The van der Waals surface area contributed by atoms with Gasteiger partial charge >= 0.3 is 5.97 Å². The lowest BCUT2D eigenvalue weighted by Crippen LogP contribution is -2.25. The quantitative estimate of drug-likeness (QED) is 0.495. The lowest BCUT2D eigenvalue weighted by Gasteiger charge is -2.18. The highest BCUT2D eigenvalue weighted by atomic mass is 16.5. The van der Waals surface area contributed by atoms with E-state index in [-0.39, 0.29) is 0 Å². The van der Waals surface area contributed by atoms with Crippen LogP contribution < -0.4 is 5.32 Å². The van der Waals surface area contributed by atoms with Crippen LogP contribution in [-0.2, 0) is 14.3 Å². The van der Waals surface area contributed by atoms with Gasteiger partial charge in [0, 0.05) is 17.3 Å². The van der Waals surface area contributed by atoms with Crippen molar-refractivity contribution in [1.82, 2.24) is 0 Å². The molecule has 1 atom stereocenters. The van der Waals surface area contributed by atoms with Crippen molar-refractivity contribution < 1.29 is 18.7 Å². The fraction of sp³-hybridized carbons (Fsp3) is 0.130. The third-order valence-corrected chi connectivity index (χ3v) is 4.15. The van der Waals surface area contributed by atoms with Crippen molar-refractivity contribution in [3.63, 3.8) is 0 Å². The van der Waals surface area contributed by atoms with Gasteiger partial charge in [-0.1, -0.05) is 42.5 Å². The minimum absolute atomic E-state index is 0.417. The first-order chi connectivity index (χ1) is 13.5. The summed E-state index contributed by atoms with van der Waals surface area (Å²) in [5.41, 5.74) is 3.23. The molecule has 3 aromatic rings. The summed E-state index contributed by atoms with van der Waals surface area (Å²) in [5.74, 6) is -0.533. The zero-order chi connectivity index (χ0) is 19.9. The van der Waals surface area contributed by atoms with Crippen LogP contribution in [0.2, 0.25) is 0 Å². The predicted molar refractivity (Wildman–Crippen MR) is 108 cm³/mol. The molecule has 1 aromatic heterocycles. The van der Waals surface area contributed by atoms with Gasteiger partial charge in [-0.05, 0) is 49.2 Å². The number of ether oxygens (including phenoxy) is 1. The Bertz CT molecular complexity index is 975. The number of benzene rings is 2. The van der Waals surface area contributed by atoms with Gasteiger partial charge in [0.1, 0.15) is 5.76 Å². The summed E-state index contributed by atoms with van der Waals surface area (Å²) >= 11 is 0. The van der Waals surface area contributed by atoms with Crippen molar-refractivity contribution in [3.05, 3.63) is 95.5 Å². The van der Waals surface area contributed by atoms with E-state index in [9.17, 15) is 9.59 Å². The van der Waals surface area contributed by atoms with Crippen LogP contribution in [0, 0.1) is 13.8 Å². The Morgan fingerprint density at radius 2 is 1.82 bits per heavy atom. The Kier molecular flexibility index (Phi) is 6.07. The molecule has 0 spiro atoms. The predicted octanol–water partition coefficient (Wildman–Crippen LogP) is 4.83. The summed E-state index contributed by atoms with van der Waals surface area (Å²) in [7, 11) is 0. The van der Waals surface area contributed by atoms with Crippen molar-refractivity contribution in [2.75, 3.05) is 5.32 Å². The van der Waals surface area contributed by atoms with Crippen LogP contribution in [-0.4, -0.2) is 11.9 Å². The van der Waals surface area contributed by atoms with Crippen molar-refractivity contribution >= 4 is 23.6 Å². The van der Waals surface area contributed by atoms with Crippen LogP contribution in [0.3, 0.4) is 0 Å². The number of anilines is 1. The fourth-order valence-electron chi connectivity index (χ4n) is 2.66. The molecule has 5 heteroatoms. The summed E-state index contributed by atoms with van der Waals surface area (Å²) in [4.78, 5) is 25.2. The van der Waals surface area contributed by atoms with E-state index < -0.39 is 18.0 Å². The highest BCUT2D eigenvalue weighted by molar-refractivity contribution is 5.98. The molecular formula is C23H21NO4. The maximum absolute atomic E-state index is 12.9. The van der Waals surface area contributed by atoms with Crippen LogP contribution in [0.5, 0.6) is 0 Å². The first-order valence-electron chi connectivity index (χ1n) is 8.88. The van der Waals surface area contributed by atoms with Gasteiger partial charge in [0.15, 0.2) is 0 Å². The summed E-state index contributed by atoms with van der Waals surface area (Å²) in [5, 5.41) is 2.87. The number of hydrogen-bond acceptors (Lipinski definition) is 4. The zero-order valence-electron chi connectivity index (χ0n) is 15.7. The molecule has 1 heterocycles. The van der Waals surface area contributed by atoms with Crippen molar-refractivity contribution in [2.24, 2.45) is 0 Å². The van der Waals surface area contributed by atoms with Crippen LogP contribution in [0.4, 0.5) is 5.69 Å². The number of carbonyl (C=O) groups excluding carboxylic acids is 2. The van der Waals surface area contributed by atoms with Crippen LogP contribution >= 0.6 is 0 Å². The van der Waals surface area contributed by atoms with E-state index in [1.165, 1.54) is 18.4 Å². The third-order valence-electron chi connectivity index (χ3n) is 4.15. The molecule has 28 heavy (non-hydrogen) atoms. The number of amides is 1. The van der Waals surface area contributed by atoms with Gasteiger partial charge < -0.3 is 14.5 Å². The molecule has 0 aliphatic heterocycles. The Morgan fingerprint density at radius 1 is 1.04 bits per heavy atom. The summed E-state index contributed by atoms with van der Waals surface area (Å²) in [6.45, 7) is 3.86. The van der Waals surface area contributed by atoms with Crippen LogP contribution in [0.25, 0.3) is 6.08 Å². The molecule has 5 nitrogen and oxygen atoms in total. The van der Waals surface area contributed by atoms with Gasteiger partial charge in [-0.2, -0.15) is 0 Å². The second-order valence-electron chi connectivity index (χ2n) is 6.38. The normalized spacial score (nSPS) is 11.9. The molecular weight excluding hydrogens is 354 g/mol. The van der Waals surface area contributed by atoms with Gasteiger partial charge in [0.2, 0.25) is 6.10 Å². The van der Waals surface area contributed by atoms with E-state index in [1.807, 2.05) is 38.1 Å². The van der Waals surface area contributed by atoms with Crippen molar-refractivity contribution in [3.8, 4) is 0 Å². The molecule has 0 radical (unpaired) electrons. The SMILES string of the molecule is Cc1ccc(C)c(NC(=O)[C@@H](OC(=O)/C=C/c2ccco2)c2ccccc2)c1. The molecule has 1 amide bonds. The maximum Gasteiger partial charge on any atom is 0.332 e. The first kappa shape index (κ1) is 19.2. The molecule has 0 aliphatic rings. The summed E-state index contributed by atoms with van der Waals surface area (Å²) in [6, 6.07) is 18.1. The Hall–Kier alpha value is -3.60. The van der Waals surface area contributed by atoms with Gasteiger partial charge in [-0.25, -0.2) is 4.79 Å². The molecule has 3 rings (SSSR count). The van der Waals surface area contributed by atoms with Crippen molar-refractivity contribution in [2.45, 2.75) is 20.0 Å². The second-order valence-corrected chi connectivity index (χ2v) is 6.38. The average Bonchev–Trinajstić information content (AvgIpc) is 3.21. The third kappa shape index (κ3) is 4.98. The fourth-order valence-corrected chi connectivity index (χ4v) is 2.66. The molecule has 0 bridgehead atoms. The average molecular weight is 375 g/mol. The smallest absolute Gasteiger partial charge is 0.332 e. The number of furan rings is 1. The minimum atomic E-state index is -1.07. The molecule has 142 valence electrons. The van der Waals surface area contributed by atoms with E-state index in [0.29, 0.717) is 17.0 Å². The number of rotatable bonds is 6. The summed E-state index contributed by atoms with van der Waals surface area (Å²) < 4.78 is 10.6. The Labute approximate surface area is 163 Å². The lowest BCUT2D eigenvalue weighted by molar-refractivity contribution is -0.149. The highest BCUT2D eigenvalue weighted by Crippen LogP contribution is 2.23. The standard InChI is InChI=1S/C23H21NO4/c1-16-10-11-17(2)20(15-16)24-23(26)22(18-7-4-3-5-8-18)28-21(25)13-12-19-9-6-14-27-19/h3-15,22H,1-2H3,(H,24,26)/b13-12+/t22-/m0/s1. The minimum Gasteiger partial charge on any atom is -0.465 e. The molecule has 0 aliphatic carbocycles. The molecule has 0 saturated heterocycles. The topological polar surface area (TPSA) is 68.5 Å². The van der Waals surface area contributed by atoms with Gasteiger partial charge in [-0.3, -0.25) is 4.79 Å². The molecule has 2 aromatic carbocycles. The largest absolute Gasteiger partial charge is 0.465 e. The van der Waals surface area contributed by atoms with Gasteiger partial charge in [0.05, 0.1) is 6.26 Å². The second kappa shape index (κ2) is 8.86. The van der Waals surface area contributed by atoms with E-state index in [0.717, 1.165) is 11.1 Å². The lowest BCUT2D eigenvalue weighted by atomic mass is 10.1. The molecule has 0 saturated carbocycles. The van der Waals surface area contributed by atoms with Crippen LogP contribution in [0.1, 0.15) is 28.6 Å². The Balaban J connectivity index is 1.79. The number of esters is 1. The number of carbonyl (C=O) groups is 2. The Morgan fingerprint density at radius 3 is 2.54 bits per heavy atom. The van der Waals surface area contributed by atoms with E-state index >= 15 is 0 Å². The van der Waals surface area contributed by atoms with Gasteiger partial charge in [0.25, 0.3) is 5.91 Å². The van der Waals surface area contributed by atoms with E-state index in [4.69, 9.17) is 9.15 Å². The highest BCUT2D eigenvalue weighted by Gasteiger charge is 2.24. The zero-order valence-corrected chi connectivity index (χ0v) is 15.7.